The summed E-state index contributed by atoms with van der Waals surface area (Å²) in [4.78, 5) is 29.3. The SMILES string of the molecule is CC[C@@H](C(=O)NC1CCCC1)N(Cc1cccc(C)c1)C(=O)CN(c1ccc(C)c(Cl)c1)S(=O)(=O)c1ccccc1. The van der Waals surface area contributed by atoms with Gasteiger partial charge in [-0.3, -0.25) is 13.9 Å². The molecule has 2 amide bonds. The Kier molecular flexibility index (Phi) is 10.1. The van der Waals surface area contributed by atoms with Crippen molar-refractivity contribution in [3.05, 3.63) is 94.5 Å². The maximum atomic E-state index is 14.2. The molecule has 1 N–H and O–H groups in total. The van der Waals surface area contributed by atoms with Crippen LogP contribution in [0.3, 0.4) is 0 Å². The molecule has 0 radical (unpaired) electrons. The van der Waals surface area contributed by atoms with E-state index >= 15 is 0 Å². The van der Waals surface area contributed by atoms with E-state index in [1.807, 2.05) is 45.0 Å². The van der Waals surface area contributed by atoms with E-state index in [-0.39, 0.29) is 29.1 Å². The molecule has 0 heterocycles. The Hall–Kier alpha value is -3.36. The van der Waals surface area contributed by atoms with Crippen LogP contribution in [0.2, 0.25) is 5.02 Å². The molecule has 3 aromatic carbocycles. The smallest absolute Gasteiger partial charge is 0.264 e. The van der Waals surface area contributed by atoms with Crippen molar-refractivity contribution < 1.29 is 18.0 Å². The molecule has 0 spiro atoms. The van der Waals surface area contributed by atoms with Crippen LogP contribution in [0.25, 0.3) is 0 Å². The molecule has 1 aliphatic carbocycles. The number of rotatable bonds is 11. The predicted molar refractivity (Wildman–Crippen MR) is 163 cm³/mol. The number of carbonyl (C=O) groups is 2. The molecule has 4 rings (SSSR count). The number of hydrogen-bond acceptors (Lipinski definition) is 4. The van der Waals surface area contributed by atoms with E-state index in [1.165, 1.54) is 17.0 Å². The fourth-order valence-corrected chi connectivity index (χ4v) is 6.88. The van der Waals surface area contributed by atoms with Gasteiger partial charge in [-0.1, -0.05) is 85.5 Å². The first kappa shape index (κ1) is 30.6. The Bertz CT molecular complexity index is 1470. The lowest BCUT2D eigenvalue weighted by atomic mass is 10.1. The normalized spacial score (nSPS) is 14.4. The molecular weight excluding hydrogens is 558 g/mol. The third-order valence-electron chi connectivity index (χ3n) is 7.58. The number of hydrogen-bond donors (Lipinski definition) is 1. The van der Waals surface area contributed by atoms with E-state index in [9.17, 15) is 18.0 Å². The van der Waals surface area contributed by atoms with Gasteiger partial charge < -0.3 is 10.2 Å². The average molecular weight is 596 g/mol. The second kappa shape index (κ2) is 13.5. The second-order valence-electron chi connectivity index (χ2n) is 10.7. The van der Waals surface area contributed by atoms with E-state index in [2.05, 4.69) is 5.32 Å². The van der Waals surface area contributed by atoms with Crippen molar-refractivity contribution in [3.63, 3.8) is 0 Å². The Morgan fingerprint density at radius 1 is 0.976 bits per heavy atom. The highest BCUT2D eigenvalue weighted by Gasteiger charge is 2.34. The lowest BCUT2D eigenvalue weighted by molar-refractivity contribution is -0.140. The fourth-order valence-electron chi connectivity index (χ4n) is 5.28. The van der Waals surface area contributed by atoms with Crippen LogP contribution in [0.1, 0.15) is 55.7 Å². The summed E-state index contributed by atoms with van der Waals surface area (Å²) in [6, 6.07) is 20.0. The largest absolute Gasteiger partial charge is 0.352 e. The van der Waals surface area contributed by atoms with E-state index in [4.69, 9.17) is 11.6 Å². The molecule has 1 aliphatic rings. The third-order valence-corrected chi connectivity index (χ3v) is 9.77. The van der Waals surface area contributed by atoms with Crippen LogP contribution in [0.15, 0.2) is 77.7 Å². The monoisotopic (exact) mass is 595 g/mol. The molecule has 0 aromatic heterocycles. The molecular formula is C32H38ClN3O4S. The molecule has 7 nitrogen and oxygen atoms in total. The summed E-state index contributed by atoms with van der Waals surface area (Å²) in [6.45, 7) is 5.34. The van der Waals surface area contributed by atoms with Crippen molar-refractivity contribution in [1.82, 2.24) is 10.2 Å². The van der Waals surface area contributed by atoms with Crippen LogP contribution in [0.5, 0.6) is 0 Å². The van der Waals surface area contributed by atoms with Crippen molar-refractivity contribution in [2.75, 3.05) is 10.8 Å². The molecule has 218 valence electrons. The Morgan fingerprint density at radius 3 is 2.32 bits per heavy atom. The highest BCUT2D eigenvalue weighted by Crippen LogP contribution is 2.29. The molecule has 41 heavy (non-hydrogen) atoms. The molecule has 0 unspecified atom stereocenters. The van der Waals surface area contributed by atoms with Crippen LogP contribution in [-0.2, 0) is 26.2 Å². The van der Waals surface area contributed by atoms with Crippen LogP contribution < -0.4 is 9.62 Å². The lowest BCUT2D eigenvalue weighted by Gasteiger charge is -2.34. The van der Waals surface area contributed by atoms with E-state index in [1.54, 1.807) is 36.4 Å². The van der Waals surface area contributed by atoms with Crippen LogP contribution in [0.4, 0.5) is 5.69 Å². The minimum absolute atomic E-state index is 0.0562. The summed E-state index contributed by atoms with van der Waals surface area (Å²) in [6.07, 6.45) is 4.37. The fraction of sp³-hybridized carbons (Fsp3) is 0.375. The first-order valence-corrected chi connectivity index (χ1v) is 15.9. The first-order valence-electron chi connectivity index (χ1n) is 14.1. The van der Waals surface area contributed by atoms with Gasteiger partial charge in [-0.25, -0.2) is 8.42 Å². The minimum atomic E-state index is -4.14. The molecule has 9 heteroatoms. The number of nitrogens with one attached hydrogen (secondary N) is 1. The average Bonchev–Trinajstić information content (AvgIpc) is 3.46. The van der Waals surface area contributed by atoms with Gasteiger partial charge in [0.25, 0.3) is 10.0 Å². The zero-order valence-corrected chi connectivity index (χ0v) is 25.4. The summed E-state index contributed by atoms with van der Waals surface area (Å²) in [5.41, 5.74) is 2.95. The van der Waals surface area contributed by atoms with Crippen molar-refractivity contribution in [3.8, 4) is 0 Å². The lowest BCUT2D eigenvalue weighted by Crippen LogP contribution is -2.53. The Morgan fingerprint density at radius 2 is 1.68 bits per heavy atom. The van der Waals surface area contributed by atoms with Gasteiger partial charge in [0.2, 0.25) is 11.8 Å². The summed E-state index contributed by atoms with van der Waals surface area (Å²) in [5.74, 6) is -0.688. The highest BCUT2D eigenvalue weighted by atomic mass is 35.5. The van der Waals surface area contributed by atoms with Crippen molar-refractivity contribution in [2.24, 2.45) is 0 Å². The summed E-state index contributed by atoms with van der Waals surface area (Å²) in [7, 11) is -4.14. The number of amides is 2. The number of aryl methyl sites for hydroxylation is 2. The van der Waals surface area contributed by atoms with Crippen molar-refractivity contribution in [1.29, 1.82) is 0 Å². The predicted octanol–water partition coefficient (Wildman–Crippen LogP) is 6.02. The van der Waals surface area contributed by atoms with Gasteiger partial charge >= 0.3 is 0 Å². The zero-order chi connectivity index (χ0) is 29.6. The van der Waals surface area contributed by atoms with E-state index < -0.39 is 28.5 Å². The molecule has 1 fully saturated rings. The van der Waals surface area contributed by atoms with E-state index in [0.717, 1.165) is 46.7 Å². The third kappa shape index (κ3) is 7.49. The Labute approximate surface area is 248 Å². The van der Waals surface area contributed by atoms with Gasteiger partial charge in [0.1, 0.15) is 12.6 Å². The van der Waals surface area contributed by atoms with Gasteiger partial charge in [0.15, 0.2) is 0 Å². The standard InChI is InChI=1S/C32H38ClN3O4S/c1-4-30(32(38)34-26-13-8-9-14-26)35(21-25-12-10-11-23(2)19-25)31(37)22-36(27-18-17-24(3)29(33)20-27)41(39,40)28-15-6-5-7-16-28/h5-7,10-12,15-20,26,30H,4,8-9,13-14,21-22H2,1-3H3,(H,34,38)/t30-/m0/s1. The molecule has 0 saturated heterocycles. The number of nitrogens with zero attached hydrogens (tertiary/aromatic N) is 2. The van der Waals surface area contributed by atoms with Crippen LogP contribution >= 0.6 is 11.6 Å². The quantitative estimate of drug-likeness (QED) is 0.294. The second-order valence-corrected chi connectivity index (χ2v) is 13.0. The number of sulfonamides is 1. The maximum Gasteiger partial charge on any atom is 0.264 e. The summed E-state index contributed by atoms with van der Waals surface area (Å²) in [5, 5.41) is 3.53. The van der Waals surface area contributed by atoms with Crippen LogP contribution in [0, 0.1) is 13.8 Å². The van der Waals surface area contributed by atoms with Gasteiger partial charge in [-0.2, -0.15) is 0 Å². The van der Waals surface area contributed by atoms with Gasteiger partial charge in [0, 0.05) is 17.6 Å². The summed E-state index contributed by atoms with van der Waals surface area (Å²) >= 11 is 6.40. The molecule has 0 aliphatic heterocycles. The van der Waals surface area contributed by atoms with E-state index in [0.29, 0.717) is 11.4 Å². The number of carbonyl (C=O) groups excluding carboxylic acids is 2. The molecule has 0 bridgehead atoms. The van der Waals surface area contributed by atoms with Crippen molar-refractivity contribution >= 4 is 39.1 Å². The topological polar surface area (TPSA) is 86.8 Å². The van der Waals surface area contributed by atoms with Gasteiger partial charge in [-0.15, -0.1) is 0 Å². The number of anilines is 1. The number of benzene rings is 3. The van der Waals surface area contributed by atoms with Gasteiger partial charge in [-0.05, 0) is 68.5 Å². The van der Waals surface area contributed by atoms with Gasteiger partial charge in [0.05, 0.1) is 10.6 Å². The number of halogens is 1. The highest BCUT2D eigenvalue weighted by molar-refractivity contribution is 7.92. The first-order chi connectivity index (χ1) is 19.6. The Balaban J connectivity index is 1.72. The summed E-state index contributed by atoms with van der Waals surface area (Å²) < 4.78 is 28.9. The molecule has 1 atom stereocenters. The zero-order valence-electron chi connectivity index (χ0n) is 23.8. The van der Waals surface area contributed by atoms with Crippen LogP contribution in [-0.4, -0.2) is 43.8 Å². The van der Waals surface area contributed by atoms with Crippen molar-refractivity contribution in [2.45, 2.75) is 76.4 Å². The molecule has 1 saturated carbocycles. The molecule has 3 aromatic rings. The minimum Gasteiger partial charge on any atom is -0.352 e. The maximum absolute atomic E-state index is 14.2.